The number of rotatable bonds is 8. The van der Waals surface area contributed by atoms with Crippen LogP contribution < -0.4 is 24.8 Å². The summed E-state index contributed by atoms with van der Waals surface area (Å²) in [6.07, 6.45) is 1.31. The number of nitrogens with zero attached hydrogens (tertiary/aromatic N) is 1. The quantitative estimate of drug-likeness (QED) is 0.271. The summed E-state index contributed by atoms with van der Waals surface area (Å²) in [7, 11) is -5.86. The number of nitrogens with one attached hydrogen (secondary N) is 2. The zero-order valence-corrected chi connectivity index (χ0v) is 21.2. The Morgan fingerprint density at radius 2 is 1.45 bits per heavy atom. The van der Waals surface area contributed by atoms with Gasteiger partial charge in [-0.2, -0.15) is 0 Å². The lowest BCUT2D eigenvalue weighted by atomic mass is 10.1. The molecule has 0 aliphatic heterocycles. The van der Waals surface area contributed by atoms with Crippen molar-refractivity contribution in [3.63, 3.8) is 0 Å². The predicted octanol–water partition coefficient (Wildman–Crippen LogP) is 6.17. The number of aromatic nitrogens is 1. The fraction of sp³-hybridized carbons (Fsp3) is 0.233. The van der Waals surface area contributed by atoms with Gasteiger partial charge in [0.05, 0.1) is 39.7 Å². The number of benzene rings is 3. The molecule has 1 heterocycles. The molecule has 0 bridgehead atoms. The highest BCUT2D eigenvalue weighted by Gasteiger charge is 2.65. The number of pyridine rings is 1. The SMILES string of the molecule is [2H]C([2H])([2H])Oc1cc2nccc(Oc3ccc(NC(=O)[C@H]4[C@@H](C(=O)Nc5ccc(F)cc5)C4(C)C)cc3F)c2cc1OC([2H])([2H])[2H]. The fourth-order valence-corrected chi connectivity index (χ4v) is 4.75. The first-order valence-electron chi connectivity index (χ1n) is 15.1. The van der Waals surface area contributed by atoms with Gasteiger partial charge in [0, 0.05) is 35.1 Å². The number of hydrogen-bond acceptors (Lipinski definition) is 6. The minimum Gasteiger partial charge on any atom is -0.493 e. The lowest BCUT2D eigenvalue weighted by molar-refractivity contribution is -0.122. The smallest absolute Gasteiger partial charge is 0.228 e. The van der Waals surface area contributed by atoms with Gasteiger partial charge in [0.1, 0.15) is 11.6 Å². The molecule has 3 aromatic carbocycles. The van der Waals surface area contributed by atoms with Gasteiger partial charge in [-0.3, -0.25) is 14.6 Å². The van der Waals surface area contributed by atoms with Gasteiger partial charge in [-0.15, -0.1) is 0 Å². The lowest BCUT2D eigenvalue weighted by Gasteiger charge is -2.13. The van der Waals surface area contributed by atoms with Gasteiger partial charge >= 0.3 is 0 Å². The van der Waals surface area contributed by atoms with E-state index in [9.17, 15) is 14.0 Å². The fourth-order valence-electron chi connectivity index (χ4n) is 4.75. The number of amides is 2. The summed E-state index contributed by atoms with van der Waals surface area (Å²) in [6.45, 7) is 3.52. The molecule has 1 saturated carbocycles. The van der Waals surface area contributed by atoms with Crippen molar-refractivity contribution in [3.8, 4) is 23.0 Å². The molecular formula is C30H27F2N3O5. The Bertz CT molecular complexity index is 1820. The van der Waals surface area contributed by atoms with E-state index in [1.807, 2.05) is 0 Å². The van der Waals surface area contributed by atoms with Gasteiger partial charge in [-0.25, -0.2) is 8.78 Å². The predicted molar refractivity (Wildman–Crippen MR) is 146 cm³/mol. The molecule has 1 aromatic heterocycles. The van der Waals surface area contributed by atoms with Crippen molar-refractivity contribution >= 4 is 34.1 Å². The van der Waals surface area contributed by atoms with Crippen molar-refractivity contribution in [2.24, 2.45) is 17.3 Å². The normalized spacial score (nSPS) is 20.0. The van der Waals surface area contributed by atoms with Gasteiger partial charge in [-0.05, 0) is 53.9 Å². The molecule has 206 valence electrons. The molecule has 0 spiro atoms. The van der Waals surface area contributed by atoms with Crippen LogP contribution in [0.15, 0.2) is 66.9 Å². The third-order valence-electron chi connectivity index (χ3n) is 6.91. The first kappa shape index (κ1) is 20.2. The maximum absolute atomic E-state index is 15.2. The average Bonchev–Trinajstić information content (AvgIpc) is 3.52. The second-order valence-electron chi connectivity index (χ2n) is 9.84. The molecule has 8 nitrogen and oxygen atoms in total. The number of ether oxygens (including phenoxy) is 3. The van der Waals surface area contributed by atoms with Gasteiger partial charge in [0.2, 0.25) is 11.8 Å². The lowest BCUT2D eigenvalue weighted by Crippen LogP contribution is -2.20. The van der Waals surface area contributed by atoms with Crippen LogP contribution in [-0.2, 0) is 9.59 Å². The van der Waals surface area contributed by atoms with E-state index in [0.29, 0.717) is 5.69 Å². The van der Waals surface area contributed by atoms with Gasteiger partial charge in [0.25, 0.3) is 0 Å². The monoisotopic (exact) mass is 553 g/mol. The molecule has 2 atom stereocenters. The van der Waals surface area contributed by atoms with Crippen LogP contribution in [0.4, 0.5) is 20.2 Å². The Balaban J connectivity index is 1.32. The van der Waals surface area contributed by atoms with E-state index in [1.54, 1.807) is 13.8 Å². The number of halogens is 2. The summed E-state index contributed by atoms with van der Waals surface area (Å²) in [5.74, 6) is -4.62. The highest BCUT2D eigenvalue weighted by Crippen LogP contribution is 2.59. The molecule has 1 fully saturated rings. The van der Waals surface area contributed by atoms with Gasteiger partial charge in [0.15, 0.2) is 23.1 Å². The molecule has 2 amide bonds. The number of fused-ring (bicyclic) bond motifs is 1. The van der Waals surface area contributed by atoms with Crippen molar-refractivity contribution < 1.29 is 40.8 Å². The molecule has 1 aliphatic carbocycles. The summed E-state index contributed by atoms with van der Waals surface area (Å²) in [6, 6.07) is 12.6. The van der Waals surface area contributed by atoms with E-state index in [1.165, 1.54) is 48.7 Å². The van der Waals surface area contributed by atoms with Crippen molar-refractivity contribution in [2.75, 3.05) is 24.7 Å². The standard InChI is InChI=1S/C30H27F2N3O5/c1-30(2)26(28(36)34-17-7-5-16(31)6-8-17)27(30)29(37)35-18-9-10-23(20(32)13-18)40-22-11-12-33-21-15-25(39-4)24(38-3)14-19(21)22/h5-15,26-27H,1-4H3,(H,34,36)(H,35,37)/t26-,27+/m0/s1/i3D3,4D3. The Morgan fingerprint density at radius 1 is 0.825 bits per heavy atom. The van der Waals surface area contributed by atoms with Crippen molar-refractivity contribution in [2.45, 2.75) is 13.8 Å². The molecule has 2 N–H and O–H groups in total. The number of anilines is 2. The van der Waals surface area contributed by atoms with Crippen molar-refractivity contribution in [1.29, 1.82) is 0 Å². The number of carbonyl (C=O) groups is 2. The van der Waals surface area contributed by atoms with E-state index >= 15 is 4.39 Å². The second-order valence-corrected chi connectivity index (χ2v) is 9.84. The van der Waals surface area contributed by atoms with Gasteiger partial charge < -0.3 is 24.8 Å². The Labute approximate surface area is 237 Å². The molecule has 4 aromatic rings. The largest absolute Gasteiger partial charge is 0.493 e. The van der Waals surface area contributed by atoms with E-state index < -0.39 is 66.3 Å². The first-order valence-corrected chi connectivity index (χ1v) is 12.1. The van der Waals surface area contributed by atoms with Gasteiger partial charge in [-0.1, -0.05) is 13.8 Å². The number of methoxy groups -OCH3 is 2. The number of carbonyl (C=O) groups excluding carboxylic acids is 2. The Morgan fingerprint density at radius 3 is 2.10 bits per heavy atom. The van der Waals surface area contributed by atoms with Crippen LogP contribution in [0.5, 0.6) is 23.0 Å². The van der Waals surface area contributed by atoms with Crippen LogP contribution in [0.3, 0.4) is 0 Å². The highest BCUT2D eigenvalue weighted by molar-refractivity contribution is 6.04. The van der Waals surface area contributed by atoms with Crippen molar-refractivity contribution in [1.82, 2.24) is 4.98 Å². The Kier molecular flexibility index (Phi) is 5.28. The summed E-state index contributed by atoms with van der Waals surface area (Å²) in [4.78, 5) is 30.1. The third-order valence-corrected chi connectivity index (χ3v) is 6.91. The zero-order chi connectivity index (χ0) is 33.6. The summed E-state index contributed by atoms with van der Waals surface area (Å²) >= 11 is 0. The minimum absolute atomic E-state index is 0.0336. The van der Waals surface area contributed by atoms with Crippen LogP contribution in [0.1, 0.15) is 22.1 Å². The van der Waals surface area contributed by atoms with E-state index in [-0.39, 0.29) is 28.1 Å². The van der Waals surface area contributed by atoms with E-state index in [2.05, 4.69) is 15.6 Å². The Hall–Kier alpha value is -4.73. The first-order chi connectivity index (χ1) is 21.4. The van der Waals surface area contributed by atoms with Crippen LogP contribution in [0.2, 0.25) is 0 Å². The van der Waals surface area contributed by atoms with E-state index in [0.717, 1.165) is 18.2 Å². The highest BCUT2D eigenvalue weighted by atomic mass is 19.1. The average molecular weight is 554 g/mol. The van der Waals surface area contributed by atoms with E-state index in [4.69, 9.17) is 22.4 Å². The molecular weight excluding hydrogens is 520 g/mol. The van der Waals surface area contributed by atoms with Crippen LogP contribution in [0, 0.1) is 28.9 Å². The summed E-state index contributed by atoms with van der Waals surface area (Å²) in [5, 5.41) is 5.47. The summed E-state index contributed by atoms with van der Waals surface area (Å²) < 4.78 is 88.4. The van der Waals surface area contributed by atoms with Crippen LogP contribution in [-0.4, -0.2) is 30.9 Å². The molecule has 40 heavy (non-hydrogen) atoms. The number of hydrogen-bond donors (Lipinski definition) is 2. The molecule has 0 unspecified atom stereocenters. The summed E-state index contributed by atoms with van der Waals surface area (Å²) in [5.41, 5.74) is -0.0497. The van der Waals surface area contributed by atoms with Crippen molar-refractivity contribution in [3.05, 3.63) is 78.5 Å². The maximum atomic E-state index is 15.2. The third kappa shape index (κ3) is 5.12. The zero-order valence-electron chi connectivity index (χ0n) is 27.2. The second kappa shape index (κ2) is 10.4. The molecule has 10 heteroatoms. The molecule has 5 rings (SSSR count). The molecule has 0 saturated heterocycles. The molecule has 1 aliphatic rings. The van der Waals surface area contributed by atoms with Crippen LogP contribution in [0.25, 0.3) is 10.9 Å². The maximum Gasteiger partial charge on any atom is 0.228 e. The molecule has 0 radical (unpaired) electrons. The topological polar surface area (TPSA) is 98.8 Å². The minimum atomic E-state index is -2.95. The van der Waals surface area contributed by atoms with Crippen LogP contribution >= 0.6 is 0 Å².